The summed E-state index contributed by atoms with van der Waals surface area (Å²) >= 11 is 0. The molecule has 6 rings (SSSR count). The third kappa shape index (κ3) is 7.54. The van der Waals surface area contributed by atoms with Crippen LogP contribution in [0.1, 0.15) is 85.4 Å². The maximum Gasteiger partial charge on any atom is 0.251 e. The highest BCUT2D eigenvalue weighted by Gasteiger charge is 2.26. The van der Waals surface area contributed by atoms with Crippen molar-refractivity contribution in [2.45, 2.75) is 83.7 Å². The van der Waals surface area contributed by atoms with Crippen LogP contribution >= 0.6 is 0 Å². The molecule has 2 atom stereocenters. The molecule has 0 radical (unpaired) electrons. The van der Waals surface area contributed by atoms with Crippen LogP contribution in [0.2, 0.25) is 0 Å². The number of rotatable bonds is 9. The molecule has 0 saturated carbocycles. The zero-order valence-corrected chi connectivity index (χ0v) is 26.8. The number of halogens is 1. The standard InChI is InChI=1S/C36H41FN6O3/c1-36(2,3)41-35(44)26-11-12-31-32(19-26)43(21-28-14-17-45-28)33(39-31)22-42-15-5-6-25(13-16-42)30-7-4-8-34(40-30)46-23-27-10-9-24(20-38)18-29(27)37/h4,7-12,18-19,25,28H,5-6,13-17,21-23H2,1-3H3,(H,41,44). The van der Waals surface area contributed by atoms with Gasteiger partial charge in [-0.25, -0.2) is 14.4 Å². The molecular weight excluding hydrogens is 583 g/mol. The van der Waals surface area contributed by atoms with E-state index in [2.05, 4.69) is 14.8 Å². The van der Waals surface area contributed by atoms with Crippen molar-refractivity contribution in [3.05, 3.63) is 88.6 Å². The van der Waals surface area contributed by atoms with Crippen LogP contribution in [-0.4, -0.2) is 56.7 Å². The zero-order valence-electron chi connectivity index (χ0n) is 26.8. The third-order valence-corrected chi connectivity index (χ3v) is 8.66. The monoisotopic (exact) mass is 624 g/mol. The third-order valence-electron chi connectivity index (χ3n) is 8.66. The van der Waals surface area contributed by atoms with Gasteiger partial charge in [0, 0.05) is 41.0 Å². The van der Waals surface area contributed by atoms with Gasteiger partial charge in [0.15, 0.2) is 0 Å². The van der Waals surface area contributed by atoms with E-state index in [4.69, 9.17) is 24.7 Å². The number of pyridine rings is 1. The predicted molar refractivity (Wildman–Crippen MR) is 173 cm³/mol. The molecule has 4 heterocycles. The van der Waals surface area contributed by atoms with Crippen LogP contribution in [0.4, 0.5) is 4.39 Å². The quantitative estimate of drug-likeness (QED) is 0.240. The number of carbonyl (C=O) groups excluding carboxylic acids is 1. The Morgan fingerprint density at radius 3 is 2.70 bits per heavy atom. The Morgan fingerprint density at radius 1 is 1.11 bits per heavy atom. The largest absolute Gasteiger partial charge is 0.473 e. The van der Waals surface area contributed by atoms with Crippen molar-refractivity contribution in [2.75, 3.05) is 19.7 Å². The number of nitriles is 1. The number of imidazole rings is 1. The molecule has 2 aromatic heterocycles. The first-order valence-electron chi connectivity index (χ1n) is 16.1. The van der Waals surface area contributed by atoms with Gasteiger partial charge in [-0.1, -0.05) is 12.1 Å². The Morgan fingerprint density at radius 2 is 1.96 bits per heavy atom. The number of ether oxygens (including phenoxy) is 2. The highest BCUT2D eigenvalue weighted by Crippen LogP contribution is 2.30. The second-order valence-electron chi connectivity index (χ2n) is 13.3. The second-order valence-corrected chi connectivity index (χ2v) is 13.3. The van der Waals surface area contributed by atoms with Crippen molar-refractivity contribution in [2.24, 2.45) is 0 Å². The summed E-state index contributed by atoms with van der Waals surface area (Å²) in [5, 5.41) is 12.0. The number of nitrogens with zero attached hydrogens (tertiary/aromatic N) is 5. The first-order chi connectivity index (χ1) is 22.1. The van der Waals surface area contributed by atoms with E-state index in [1.165, 1.54) is 6.07 Å². The molecule has 240 valence electrons. The SMILES string of the molecule is CC(C)(C)NC(=O)c1ccc2nc(CN3CCCC(c4cccc(OCc5ccc(C#N)cc5F)n4)CC3)n(CC3CCO3)c2c1. The Balaban J connectivity index is 1.13. The molecule has 0 spiro atoms. The van der Waals surface area contributed by atoms with E-state index >= 15 is 0 Å². The smallest absolute Gasteiger partial charge is 0.251 e. The molecule has 0 bridgehead atoms. The summed E-state index contributed by atoms with van der Waals surface area (Å²) in [6.07, 6.45) is 4.16. The lowest BCUT2D eigenvalue weighted by Crippen LogP contribution is -2.40. The normalized spacial score (nSPS) is 18.8. The van der Waals surface area contributed by atoms with Gasteiger partial charge < -0.3 is 19.4 Å². The average molecular weight is 625 g/mol. The number of likely N-dealkylation sites (tertiary alicyclic amines) is 1. The number of fused-ring (bicyclic) bond motifs is 1. The first kappa shape index (κ1) is 31.6. The maximum absolute atomic E-state index is 14.3. The number of amides is 1. The molecule has 46 heavy (non-hydrogen) atoms. The van der Waals surface area contributed by atoms with Crippen molar-refractivity contribution >= 4 is 16.9 Å². The minimum atomic E-state index is -0.459. The molecule has 10 heteroatoms. The fraction of sp³-hybridized carbons (Fsp3) is 0.444. The van der Waals surface area contributed by atoms with E-state index in [0.717, 1.165) is 74.5 Å². The summed E-state index contributed by atoms with van der Waals surface area (Å²) in [5.74, 6) is 1.18. The molecular formula is C36H41FN6O3. The van der Waals surface area contributed by atoms with E-state index in [0.29, 0.717) is 23.6 Å². The van der Waals surface area contributed by atoms with Gasteiger partial charge in [0.1, 0.15) is 18.2 Å². The molecule has 2 fully saturated rings. The summed E-state index contributed by atoms with van der Waals surface area (Å²) in [7, 11) is 0. The lowest BCUT2D eigenvalue weighted by Gasteiger charge is -2.28. The number of aromatic nitrogens is 3. The zero-order chi connectivity index (χ0) is 32.3. The fourth-order valence-corrected chi connectivity index (χ4v) is 6.12. The van der Waals surface area contributed by atoms with Crippen molar-refractivity contribution in [3.63, 3.8) is 0 Å². The molecule has 1 amide bonds. The van der Waals surface area contributed by atoms with Gasteiger partial charge >= 0.3 is 0 Å². The Kier molecular flexibility index (Phi) is 9.34. The molecule has 2 aliphatic heterocycles. The summed E-state index contributed by atoms with van der Waals surface area (Å²) in [4.78, 5) is 25.2. The molecule has 1 N–H and O–H groups in total. The topological polar surface area (TPSA) is 105 Å². The van der Waals surface area contributed by atoms with Gasteiger partial charge in [-0.15, -0.1) is 0 Å². The summed E-state index contributed by atoms with van der Waals surface area (Å²) < 4.78 is 28.2. The van der Waals surface area contributed by atoms with Crippen LogP contribution in [0, 0.1) is 17.1 Å². The van der Waals surface area contributed by atoms with Gasteiger partial charge in [-0.3, -0.25) is 9.69 Å². The van der Waals surface area contributed by atoms with E-state index in [1.54, 1.807) is 18.2 Å². The Labute approximate surface area is 269 Å². The molecule has 2 unspecified atom stereocenters. The van der Waals surface area contributed by atoms with Crippen molar-refractivity contribution in [1.29, 1.82) is 5.26 Å². The van der Waals surface area contributed by atoms with Crippen molar-refractivity contribution in [1.82, 2.24) is 24.8 Å². The second kappa shape index (κ2) is 13.6. The Bertz CT molecular complexity index is 1750. The van der Waals surface area contributed by atoms with E-state index in [-0.39, 0.29) is 35.6 Å². The van der Waals surface area contributed by atoms with E-state index in [1.807, 2.05) is 57.2 Å². The Hall–Kier alpha value is -4.33. The van der Waals surface area contributed by atoms with Crippen LogP contribution in [0.25, 0.3) is 11.0 Å². The number of nitrogens with one attached hydrogen (secondary N) is 1. The number of carbonyl (C=O) groups is 1. The van der Waals surface area contributed by atoms with Crippen LogP contribution in [0.3, 0.4) is 0 Å². The first-order valence-corrected chi connectivity index (χ1v) is 16.1. The molecule has 0 aliphatic carbocycles. The molecule has 2 saturated heterocycles. The highest BCUT2D eigenvalue weighted by atomic mass is 19.1. The number of benzene rings is 2. The summed E-state index contributed by atoms with van der Waals surface area (Å²) in [5.41, 5.74) is 3.80. The molecule has 9 nitrogen and oxygen atoms in total. The predicted octanol–water partition coefficient (Wildman–Crippen LogP) is 6.11. The summed E-state index contributed by atoms with van der Waals surface area (Å²) in [6.45, 7) is 10.0. The van der Waals surface area contributed by atoms with Gasteiger partial charge in [0.2, 0.25) is 5.88 Å². The van der Waals surface area contributed by atoms with Gasteiger partial charge in [-0.05, 0) is 95.9 Å². The van der Waals surface area contributed by atoms with Gasteiger partial charge in [-0.2, -0.15) is 5.26 Å². The average Bonchev–Trinajstić information content (AvgIpc) is 3.16. The molecule has 2 aliphatic rings. The van der Waals surface area contributed by atoms with Gasteiger partial charge in [0.25, 0.3) is 5.91 Å². The minimum Gasteiger partial charge on any atom is -0.473 e. The fourth-order valence-electron chi connectivity index (χ4n) is 6.12. The number of hydrogen-bond donors (Lipinski definition) is 1. The number of hydrogen-bond acceptors (Lipinski definition) is 7. The van der Waals surface area contributed by atoms with Crippen LogP contribution in [0.15, 0.2) is 54.6 Å². The van der Waals surface area contributed by atoms with Crippen LogP contribution in [-0.2, 0) is 24.4 Å². The van der Waals surface area contributed by atoms with E-state index in [9.17, 15) is 9.18 Å². The van der Waals surface area contributed by atoms with Gasteiger partial charge in [0.05, 0.1) is 41.9 Å². The molecule has 2 aromatic carbocycles. The lowest BCUT2D eigenvalue weighted by atomic mass is 9.96. The van der Waals surface area contributed by atoms with Crippen LogP contribution in [0.5, 0.6) is 5.88 Å². The maximum atomic E-state index is 14.3. The summed E-state index contributed by atoms with van der Waals surface area (Å²) in [6, 6.07) is 17.9. The van der Waals surface area contributed by atoms with E-state index < -0.39 is 5.82 Å². The minimum absolute atomic E-state index is 0.0437. The van der Waals surface area contributed by atoms with Crippen LogP contribution < -0.4 is 10.1 Å². The lowest BCUT2D eigenvalue weighted by molar-refractivity contribution is -0.0592. The van der Waals surface area contributed by atoms with Crippen molar-refractivity contribution < 1.29 is 18.7 Å². The van der Waals surface area contributed by atoms with Crippen molar-refractivity contribution in [3.8, 4) is 11.9 Å². The molecule has 4 aromatic rings. The highest BCUT2D eigenvalue weighted by molar-refractivity contribution is 5.97.